The van der Waals surface area contributed by atoms with E-state index in [2.05, 4.69) is 0 Å². The van der Waals surface area contributed by atoms with Crippen molar-refractivity contribution in [2.24, 2.45) is 0 Å². The summed E-state index contributed by atoms with van der Waals surface area (Å²) in [5.74, 6) is -6.73. The van der Waals surface area contributed by atoms with Gasteiger partial charge < -0.3 is 0 Å². The zero-order chi connectivity index (χ0) is 17.4. The molecule has 122 valence electrons. The number of sulfonamides is 1. The highest BCUT2D eigenvalue weighted by molar-refractivity contribution is 7.92. The number of hydrogen-bond acceptors (Lipinski definition) is 4. The Morgan fingerprint density at radius 2 is 1.57 bits per heavy atom. The first kappa shape index (κ1) is 16.7. The van der Waals surface area contributed by atoms with E-state index in [1.54, 1.807) is 4.72 Å². The van der Waals surface area contributed by atoms with Crippen LogP contribution in [-0.4, -0.2) is 13.3 Å². The van der Waals surface area contributed by atoms with Crippen LogP contribution in [0.15, 0.2) is 35.2 Å². The Kier molecular flexibility index (Phi) is 4.23. The van der Waals surface area contributed by atoms with Crippen LogP contribution in [0.3, 0.4) is 0 Å². The van der Waals surface area contributed by atoms with Crippen molar-refractivity contribution in [3.05, 3.63) is 63.7 Å². The van der Waals surface area contributed by atoms with Gasteiger partial charge in [0.15, 0.2) is 17.5 Å². The summed E-state index contributed by atoms with van der Waals surface area (Å²) < 4.78 is 78.2. The zero-order valence-electron chi connectivity index (χ0n) is 10.9. The molecule has 1 N–H and O–H groups in total. The van der Waals surface area contributed by atoms with E-state index >= 15 is 0 Å². The number of nitro groups is 1. The number of halogens is 4. The van der Waals surface area contributed by atoms with Crippen molar-refractivity contribution in [2.75, 3.05) is 4.72 Å². The van der Waals surface area contributed by atoms with E-state index in [0.29, 0.717) is 24.3 Å². The van der Waals surface area contributed by atoms with Gasteiger partial charge in [0.25, 0.3) is 10.0 Å². The zero-order valence-corrected chi connectivity index (χ0v) is 11.7. The molecule has 0 bridgehead atoms. The average molecular weight is 350 g/mol. The molecule has 0 unspecified atom stereocenters. The van der Waals surface area contributed by atoms with Crippen LogP contribution in [0.5, 0.6) is 0 Å². The smallest absolute Gasteiger partial charge is 0.279 e. The molecule has 11 heteroatoms. The third kappa shape index (κ3) is 3.23. The first-order chi connectivity index (χ1) is 10.6. The Hall–Kier alpha value is -2.69. The Bertz CT molecular complexity index is 902. The van der Waals surface area contributed by atoms with Gasteiger partial charge in [-0.15, -0.1) is 0 Å². The lowest BCUT2D eigenvalue weighted by Gasteiger charge is -2.09. The second-order valence-electron chi connectivity index (χ2n) is 4.20. The fraction of sp³-hybridized carbons (Fsp3) is 0. The van der Waals surface area contributed by atoms with Crippen molar-refractivity contribution >= 4 is 21.4 Å². The predicted octanol–water partition coefficient (Wildman–Crippen LogP) is 2.95. The molecule has 0 aliphatic rings. The lowest BCUT2D eigenvalue weighted by Crippen LogP contribution is -2.16. The van der Waals surface area contributed by atoms with E-state index in [-0.39, 0.29) is 0 Å². The van der Waals surface area contributed by atoms with Crippen molar-refractivity contribution in [2.45, 2.75) is 4.90 Å². The van der Waals surface area contributed by atoms with E-state index < -0.39 is 54.5 Å². The third-order valence-corrected chi connectivity index (χ3v) is 4.08. The number of rotatable bonds is 4. The van der Waals surface area contributed by atoms with Gasteiger partial charge in [-0.2, -0.15) is 4.39 Å². The second kappa shape index (κ2) is 5.83. The summed E-state index contributed by atoms with van der Waals surface area (Å²) >= 11 is 0. The number of nitrogens with zero attached hydrogens (tertiary/aromatic N) is 1. The molecule has 0 atom stereocenters. The molecule has 23 heavy (non-hydrogen) atoms. The van der Waals surface area contributed by atoms with Crippen LogP contribution in [0, 0.1) is 33.4 Å². The Labute approximate surface area is 126 Å². The maximum atomic E-state index is 13.5. The van der Waals surface area contributed by atoms with Crippen LogP contribution < -0.4 is 4.72 Å². The van der Waals surface area contributed by atoms with Gasteiger partial charge in [-0.05, 0) is 24.3 Å². The average Bonchev–Trinajstić information content (AvgIpc) is 2.46. The molecule has 2 rings (SSSR count). The van der Waals surface area contributed by atoms with E-state index in [1.807, 2.05) is 0 Å². The van der Waals surface area contributed by atoms with Gasteiger partial charge in [0.2, 0.25) is 5.82 Å². The number of hydrogen-bond donors (Lipinski definition) is 1. The van der Waals surface area contributed by atoms with Gasteiger partial charge in [-0.25, -0.2) is 21.6 Å². The standard InChI is InChI=1S/C12H6F4N2O4S/c13-7-2-1-6(5-9(7)18(19)20)17-23(21,22)10-4-3-8(14)11(15)12(10)16/h1-5,17H. The highest BCUT2D eigenvalue weighted by Gasteiger charge is 2.25. The first-order valence-corrected chi connectivity index (χ1v) is 7.22. The molecule has 0 aromatic heterocycles. The van der Waals surface area contributed by atoms with Gasteiger partial charge in [0.05, 0.1) is 10.6 Å². The fourth-order valence-corrected chi connectivity index (χ4v) is 2.76. The summed E-state index contributed by atoms with van der Waals surface area (Å²) in [6.45, 7) is 0. The lowest BCUT2D eigenvalue weighted by atomic mass is 10.3. The van der Waals surface area contributed by atoms with Crippen molar-refractivity contribution < 1.29 is 30.9 Å². The van der Waals surface area contributed by atoms with Crippen molar-refractivity contribution in [1.82, 2.24) is 0 Å². The summed E-state index contributed by atoms with van der Waals surface area (Å²) in [5.41, 5.74) is -1.47. The van der Waals surface area contributed by atoms with E-state index in [4.69, 9.17) is 0 Å². The number of nitrogens with one attached hydrogen (secondary N) is 1. The summed E-state index contributed by atoms with van der Waals surface area (Å²) in [4.78, 5) is 8.29. The maximum Gasteiger partial charge on any atom is 0.306 e. The largest absolute Gasteiger partial charge is 0.306 e. The topological polar surface area (TPSA) is 89.3 Å². The molecule has 6 nitrogen and oxygen atoms in total. The molecule has 0 fully saturated rings. The summed E-state index contributed by atoms with van der Waals surface area (Å²) in [6, 6.07) is 2.91. The number of benzene rings is 2. The molecule has 0 aliphatic carbocycles. The Morgan fingerprint density at radius 3 is 2.17 bits per heavy atom. The number of anilines is 1. The van der Waals surface area contributed by atoms with E-state index in [9.17, 15) is 36.1 Å². The quantitative estimate of drug-likeness (QED) is 0.397. The van der Waals surface area contributed by atoms with E-state index in [1.165, 1.54) is 0 Å². The van der Waals surface area contributed by atoms with Crippen LogP contribution in [0.1, 0.15) is 0 Å². The second-order valence-corrected chi connectivity index (χ2v) is 5.85. The molecule has 0 aliphatic heterocycles. The molecule has 0 radical (unpaired) electrons. The molecular weight excluding hydrogens is 344 g/mol. The minimum Gasteiger partial charge on any atom is -0.279 e. The van der Waals surface area contributed by atoms with Gasteiger partial charge in [-0.3, -0.25) is 14.8 Å². The van der Waals surface area contributed by atoms with Gasteiger partial charge in [0, 0.05) is 6.07 Å². The van der Waals surface area contributed by atoms with Crippen LogP contribution in [-0.2, 0) is 10.0 Å². The molecule has 0 saturated heterocycles. The maximum absolute atomic E-state index is 13.5. The fourth-order valence-electron chi connectivity index (χ4n) is 1.64. The van der Waals surface area contributed by atoms with Crippen molar-refractivity contribution in [1.29, 1.82) is 0 Å². The van der Waals surface area contributed by atoms with Crippen LogP contribution in [0.2, 0.25) is 0 Å². The predicted molar refractivity (Wildman–Crippen MR) is 70.2 cm³/mol. The lowest BCUT2D eigenvalue weighted by molar-refractivity contribution is -0.387. The van der Waals surface area contributed by atoms with Gasteiger partial charge in [-0.1, -0.05) is 0 Å². The normalized spacial score (nSPS) is 11.3. The molecule has 0 spiro atoms. The monoisotopic (exact) mass is 350 g/mol. The molecule has 0 saturated carbocycles. The van der Waals surface area contributed by atoms with Gasteiger partial charge in [0.1, 0.15) is 4.90 Å². The summed E-state index contributed by atoms with van der Waals surface area (Å²) in [6.07, 6.45) is 0. The Balaban J connectivity index is 2.45. The molecule has 0 amide bonds. The van der Waals surface area contributed by atoms with E-state index in [0.717, 1.165) is 6.07 Å². The molecule has 2 aromatic carbocycles. The van der Waals surface area contributed by atoms with Gasteiger partial charge >= 0.3 is 5.69 Å². The van der Waals surface area contributed by atoms with Crippen molar-refractivity contribution in [3.63, 3.8) is 0 Å². The Morgan fingerprint density at radius 1 is 0.957 bits per heavy atom. The van der Waals surface area contributed by atoms with Crippen molar-refractivity contribution in [3.8, 4) is 0 Å². The molecular formula is C12H6F4N2O4S. The van der Waals surface area contributed by atoms with Crippen LogP contribution in [0.4, 0.5) is 28.9 Å². The molecule has 2 aromatic rings. The van der Waals surface area contributed by atoms with Crippen LogP contribution >= 0.6 is 0 Å². The highest BCUT2D eigenvalue weighted by atomic mass is 32.2. The number of nitro benzene ring substituents is 1. The SMILES string of the molecule is O=[N+]([O-])c1cc(NS(=O)(=O)c2ccc(F)c(F)c2F)ccc1F. The summed E-state index contributed by atoms with van der Waals surface area (Å²) in [5, 5.41) is 10.6. The summed E-state index contributed by atoms with van der Waals surface area (Å²) in [7, 11) is -4.72. The molecule has 0 heterocycles. The third-order valence-electron chi connectivity index (χ3n) is 2.68. The van der Waals surface area contributed by atoms with Crippen LogP contribution in [0.25, 0.3) is 0 Å². The first-order valence-electron chi connectivity index (χ1n) is 5.73. The minimum atomic E-state index is -4.72. The highest BCUT2D eigenvalue weighted by Crippen LogP contribution is 2.25. The minimum absolute atomic E-state index is 0.403.